The van der Waals surface area contributed by atoms with Gasteiger partial charge in [-0.15, -0.1) is 0 Å². The number of nitrogens with zero attached hydrogens (tertiary/aromatic N) is 2. The molecule has 2 fully saturated rings. The van der Waals surface area contributed by atoms with E-state index in [0.717, 1.165) is 12.8 Å². The Hall–Kier alpha value is -2.44. The Labute approximate surface area is 121 Å². The number of nitro benzene ring substituents is 1. The Morgan fingerprint density at radius 1 is 1.29 bits per heavy atom. The van der Waals surface area contributed by atoms with E-state index in [2.05, 4.69) is 5.32 Å². The van der Waals surface area contributed by atoms with Crippen LogP contribution in [0.3, 0.4) is 0 Å². The number of amides is 2. The third-order valence-corrected chi connectivity index (χ3v) is 3.86. The lowest BCUT2D eigenvalue weighted by molar-refractivity contribution is -0.384. The van der Waals surface area contributed by atoms with Gasteiger partial charge in [0, 0.05) is 36.8 Å². The number of hydrogen-bond acceptors (Lipinski definition) is 4. The fraction of sp³-hybridized carbons (Fsp3) is 0.429. The molecule has 0 spiro atoms. The summed E-state index contributed by atoms with van der Waals surface area (Å²) < 4.78 is 0. The van der Waals surface area contributed by atoms with Crippen molar-refractivity contribution >= 4 is 23.2 Å². The Bertz CT molecular complexity index is 595. The fourth-order valence-electron chi connectivity index (χ4n) is 2.56. The number of nitro groups is 1. The molecule has 1 heterocycles. The molecule has 7 heteroatoms. The number of carbonyl (C=O) groups excluding carboxylic acids is 2. The summed E-state index contributed by atoms with van der Waals surface area (Å²) in [5, 5.41) is 13.3. The molecule has 7 nitrogen and oxygen atoms in total. The molecule has 1 aliphatic carbocycles. The third kappa shape index (κ3) is 2.86. The van der Waals surface area contributed by atoms with Gasteiger partial charge in [-0.2, -0.15) is 0 Å². The van der Waals surface area contributed by atoms with Gasteiger partial charge in [0.25, 0.3) is 5.69 Å². The van der Waals surface area contributed by atoms with Gasteiger partial charge in [-0.1, -0.05) is 0 Å². The maximum absolute atomic E-state index is 12.1. The highest BCUT2D eigenvalue weighted by Crippen LogP contribution is 2.33. The molecular formula is C14H15N3O4. The lowest BCUT2D eigenvalue weighted by Gasteiger charge is -2.15. The first-order chi connectivity index (χ1) is 10.0. The molecule has 1 aromatic carbocycles. The summed E-state index contributed by atoms with van der Waals surface area (Å²) in [6.07, 6.45) is 2.31. The van der Waals surface area contributed by atoms with Crippen LogP contribution >= 0.6 is 0 Å². The summed E-state index contributed by atoms with van der Waals surface area (Å²) in [5.41, 5.74) is 0.479. The van der Waals surface area contributed by atoms with Crippen LogP contribution in [0.25, 0.3) is 0 Å². The normalized spacial score (nSPS) is 21.4. The highest BCUT2D eigenvalue weighted by atomic mass is 16.6. The first-order valence-electron chi connectivity index (χ1n) is 6.89. The minimum absolute atomic E-state index is 0.0241. The number of rotatable bonds is 4. The van der Waals surface area contributed by atoms with E-state index in [1.54, 1.807) is 4.90 Å². The highest BCUT2D eigenvalue weighted by molar-refractivity contribution is 5.97. The maximum atomic E-state index is 12.1. The minimum atomic E-state index is -0.491. The van der Waals surface area contributed by atoms with Crippen LogP contribution in [0.4, 0.5) is 11.4 Å². The van der Waals surface area contributed by atoms with Gasteiger partial charge in [-0.3, -0.25) is 19.7 Å². The van der Waals surface area contributed by atoms with Crippen molar-refractivity contribution < 1.29 is 14.5 Å². The van der Waals surface area contributed by atoms with E-state index in [9.17, 15) is 19.7 Å². The largest absolute Gasteiger partial charge is 0.339 e. The van der Waals surface area contributed by atoms with Crippen LogP contribution in [0.15, 0.2) is 24.3 Å². The zero-order valence-corrected chi connectivity index (χ0v) is 11.3. The van der Waals surface area contributed by atoms with Gasteiger partial charge in [-0.05, 0) is 25.0 Å². The predicted octanol–water partition coefficient (Wildman–Crippen LogP) is 1.54. The number of anilines is 1. The molecule has 2 amide bonds. The molecular weight excluding hydrogens is 274 g/mol. The number of non-ortho nitro benzene ring substituents is 1. The standard InChI is InChI=1S/C14H15N3O4/c18-13-7-9(8-16(13)11-5-6-11)14(19)15-10-1-3-12(4-2-10)17(20)21/h1-4,9,11H,5-8H2,(H,15,19)/t9-/m1/s1. The molecule has 2 aliphatic rings. The van der Waals surface area contributed by atoms with Crippen LogP contribution in [-0.4, -0.2) is 34.2 Å². The van der Waals surface area contributed by atoms with Crippen LogP contribution in [0.5, 0.6) is 0 Å². The van der Waals surface area contributed by atoms with Gasteiger partial charge in [-0.25, -0.2) is 0 Å². The second-order valence-electron chi connectivity index (χ2n) is 5.47. The van der Waals surface area contributed by atoms with E-state index >= 15 is 0 Å². The van der Waals surface area contributed by atoms with Gasteiger partial charge in [0.2, 0.25) is 11.8 Å². The van der Waals surface area contributed by atoms with E-state index in [-0.39, 0.29) is 29.8 Å². The van der Waals surface area contributed by atoms with Crippen LogP contribution < -0.4 is 5.32 Å². The summed E-state index contributed by atoms with van der Waals surface area (Å²) in [5.74, 6) is -0.505. The number of hydrogen-bond donors (Lipinski definition) is 1. The lowest BCUT2D eigenvalue weighted by atomic mass is 10.1. The van der Waals surface area contributed by atoms with Crippen molar-refractivity contribution in [1.82, 2.24) is 4.90 Å². The second-order valence-corrected chi connectivity index (χ2v) is 5.47. The van der Waals surface area contributed by atoms with E-state index < -0.39 is 4.92 Å². The van der Waals surface area contributed by atoms with Crippen molar-refractivity contribution in [2.75, 3.05) is 11.9 Å². The zero-order chi connectivity index (χ0) is 15.0. The van der Waals surface area contributed by atoms with Crippen LogP contribution in [0.2, 0.25) is 0 Å². The predicted molar refractivity (Wildman–Crippen MR) is 74.6 cm³/mol. The average molecular weight is 289 g/mol. The number of likely N-dealkylation sites (tertiary alicyclic amines) is 1. The van der Waals surface area contributed by atoms with Crippen LogP contribution in [0, 0.1) is 16.0 Å². The SMILES string of the molecule is O=C(Nc1ccc([N+](=O)[O-])cc1)[C@@H]1CC(=O)N(C2CC2)C1. The van der Waals surface area contributed by atoms with Gasteiger partial charge >= 0.3 is 0 Å². The summed E-state index contributed by atoms with van der Waals surface area (Å²) in [4.78, 5) is 35.8. The third-order valence-electron chi connectivity index (χ3n) is 3.86. The molecule has 1 atom stereocenters. The maximum Gasteiger partial charge on any atom is 0.269 e. The molecule has 1 aromatic rings. The van der Waals surface area contributed by atoms with Crippen molar-refractivity contribution in [3.63, 3.8) is 0 Å². The van der Waals surface area contributed by atoms with Crippen molar-refractivity contribution in [2.45, 2.75) is 25.3 Å². The number of benzene rings is 1. The van der Waals surface area contributed by atoms with Gasteiger partial charge in [0.15, 0.2) is 0 Å². The molecule has 1 aliphatic heterocycles. The summed E-state index contributed by atoms with van der Waals surface area (Å²) in [6.45, 7) is 0.475. The number of nitrogens with one attached hydrogen (secondary N) is 1. The Kier molecular flexibility index (Phi) is 3.32. The fourth-order valence-corrected chi connectivity index (χ4v) is 2.56. The smallest absolute Gasteiger partial charge is 0.269 e. The molecule has 21 heavy (non-hydrogen) atoms. The topological polar surface area (TPSA) is 92.5 Å². The molecule has 1 saturated heterocycles. The molecule has 0 aromatic heterocycles. The van der Waals surface area contributed by atoms with E-state index in [1.165, 1.54) is 24.3 Å². The van der Waals surface area contributed by atoms with Crippen LogP contribution in [-0.2, 0) is 9.59 Å². The molecule has 0 bridgehead atoms. The first-order valence-corrected chi connectivity index (χ1v) is 6.89. The molecule has 0 unspecified atom stereocenters. The van der Waals surface area contributed by atoms with Crippen LogP contribution in [0.1, 0.15) is 19.3 Å². The Morgan fingerprint density at radius 3 is 2.52 bits per heavy atom. The summed E-state index contributed by atoms with van der Waals surface area (Å²) in [7, 11) is 0. The van der Waals surface area contributed by atoms with Gasteiger partial charge < -0.3 is 10.2 Å². The van der Waals surface area contributed by atoms with E-state index in [0.29, 0.717) is 18.3 Å². The Morgan fingerprint density at radius 2 is 1.95 bits per heavy atom. The molecule has 110 valence electrons. The quantitative estimate of drug-likeness (QED) is 0.672. The lowest BCUT2D eigenvalue weighted by Crippen LogP contribution is -2.29. The monoisotopic (exact) mass is 289 g/mol. The minimum Gasteiger partial charge on any atom is -0.339 e. The highest BCUT2D eigenvalue weighted by Gasteiger charge is 2.41. The average Bonchev–Trinajstić information content (AvgIpc) is 3.22. The molecule has 1 N–H and O–H groups in total. The van der Waals surface area contributed by atoms with E-state index in [1.807, 2.05) is 0 Å². The van der Waals surface area contributed by atoms with Crippen molar-refractivity contribution in [2.24, 2.45) is 5.92 Å². The van der Waals surface area contributed by atoms with Gasteiger partial charge in [0.1, 0.15) is 0 Å². The van der Waals surface area contributed by atoms with Crippen molar-refractivity contribution in [1.29, 1.82) is 0 Å². The first kappa shape index (κ1) is 13.5. The Balaban J connectivity index is 1.61. The van der Waals surface area contributed by atoms with Crippen molar-refractivity contribution in [3.8, 4) is 0 Å². The molecule has 0 radical (unpaired) electrons. The van der Waals surface area contributed by atoms with E-state index in [4.69, 9.17) is 0 Å². The van der Waals surface area contributed by atoms with Crippen molar-refractivity contribution in [3.05, 3.63) is 34.4 Å². The molecule has 3 rings (SSSR count). The summed E-state index contributed by atoms with van der Waals surface area (Å²) in [6, 6.07) is 5.99. The summed E-state index contributed by atoms with van der Waals surface area (Å²) >= 11 is 0. The van der Waals surface area contributed by atoms with Gasteiger partial charge in [0.05, 0.1) is 10.8 Å². The molecule has 1 saturated carbocycles. The zero-order valence-electron chi connectivity index (χ0n) is 11.3. The number of carbonyl (C=O) groups is 2. The second kappa shape index (κ2) is 5.16.